The summed E-state index contributed by atoms with van der Waals surface area (Å²) in [6, 6.07) is 31.2. The maximum atomic E-state index is 2.50. The Labute approximate surface area is 205 Å². The van der Waals surface area contributed by atoms with Crippen LogP contribution >= 0.6 is 0 Å². The normalized spacial score (nSPS) is 15.5. The van der Waals surface area contributed by atoms with Crippen LogP contribution in [0.3, 0.4) is 0 Å². The number of benzene rings is 3. The fourth-order valence-electron chi connectivity index (χ4n) is 4.62. The van der Waals surface area contributed by atoms with E-state index < -0.39 is 21.3 Å². The first-order valence-corrected chi connectivity index (χ1v) is 14.2. The number of allylic oxidation sites excluding steroid dienone is 5. The largest absolute Gasteiger partial charge is 1.00 e. The van der Waals surface area contributed by atoms with E-state index in [4.69, 9.17) is 0 Å². The summed E-state index contributed by atoms with van der Waals surface area (Å²) in [5, 5.41) is 0. The zero-order chi connectivity index (χ0) is 19.6. The van der Waals surface area contributed by atoms with Gasteiger partial charge in [0.25, 0.3) is 0 Å². The molecule has 31 heavy (non-hydrogen) atoms. The van der Waals surface area contributed by atoms with Crippen molar-refractivity contribution in [3.8, 4) is 0 Å². The van der Waals surface area contributed by atoms with Crippen molar-refractivity contribution in [2.45, 2.75) is 17.0 Å². The predicted octanol–water partition coefficient (Wildman–Crippen LogP) is 0.884. The molecule has 0 aromatic heterocycles. The van der Waals surface area contributed by atoms with Gasteiger partial charge in [-0.05, 0) is 0 Å². The standard InChI is InChI=1S/C13H10.C9H7.C6H7.2ClH.Zr/c1-3-7-12(8-4-1)11-13-9-5-2-6-10-13;1-2-5-9-7-3-6-8(9)4-1;1-6-4-2-3-5-6;;;/h1-10H;1-7H;2,4H,3H2,1H3;2*1H;/q;;;;;+2/p-2. The summed E-state index contributed by atoms with van der Waals surface area (Å²) < 4.78 is 3.91. The van der Waals surface area contributed by atoms with Gasteiger partial charge in [-0.25, -0.2) is 0 Å². The van der Waals surface area contributed by atoms with Crippen LogP contribution in [0.1, 0.15) is 39.2 Å². The molecule has 0 radical (unpaired) electrons. The Kier molecular flexibility index (Phi) is 8.23. The molecule has 0 aliphatic heterocycles. The van der Waals surface area contributed by atoms with E-state index in [1.807, 2.05) is 0 Å². The number of rotatable bonds is 4. The maximum Gasteiger partial charge on any atom is -1.00 e. The summed E-state index contributed by atoms with van der Waals surface area (Å²) in [5.41, 5.74) is 7.23. The Balaban J connectivity index is 0.00000136. The maximum absolute atomic E-state index is 2.50. The van der Waals surface area contributed by atoms with E-state index in [1.54, 1.807) is 6.49 Å². The zero-order valence-corrected chi connectivity index (χ0v) is 21.4. The van der Waals surface area contributed by atoms with Gasteiger partial charge in [0.2, 0.25) is 0 Å². The second kappa shape index (κ2) is 10.7. The molecule has 1 unspecified atom stereocenters. The van der Waals surface area contributed by atoms with Gasteiger partial charge in [0, 0.05) is 0 Å². The average Bonchev–Trinajstić information content (AvgIpc) is 3.39. The molecule has 3 aromatic rings. The van der Waals surface area contributed by atoms with Crippen molar-refractivity contribution in [2.24, 2.45) is 0 Å². The van der Waals surface area contributed by atoms with E-state index in [0.29, 0.717) is 3.63 Å². The molecule has 5 rings (SSSR count). The number of halogens is 2. The molecule has 0 saturated carbocycles. The molecule has 0 bridgehead atoms. The molecule has 2 aliphatic rings. The Morgan fingerprint density at radius 3 is 1.90 bits per heavy atom. The van der Waals surface area contributed by atoms with E-state index in [-0.39, 0.29) is 24.8 Å². The SMILES string of the molecule is CC1=[C]([Zr+2](=[C](c2ccccc2)c2ccccc2)[CH]2C=Cc3ccccc32)CC=C1.[Cl-].[Cl-]. The Morgan fingerprint density at radius 2 is 1.32 bits per heavy atom. The average molecular weight is 523 g/mol. The number of hydrogen-bond acceptors (Lipinski definition) is 0. The van der Waals surface area contributed by atoms with Gasteiger partial charge in [-0.3, -0.25) is 0 Å². The zero-order valence-electron chi connectivity index (χ0n) is 17.4. The van der Waals surface area contributed by atoms with Crippen LogP contribution in [0.4, 0.5) is 0 Å². The molecule has 154 valence electrons. The smallest absolute Gasteiger partial charge is 1.00 e. The van der Waals surface area contributed by atoms with Crippen LogP contribution in [-0.4, -0.2) is 3.21 Å². The van der Waals surface area contributed by atoms with Gasteiger partial charge >= 0.3 is 182 Å². The van der Waals surface area contributed by atoms with Crippen LogP contribution in [0, 0.1) is 0 Å². The molecule has 3 heteroatoms. The van der Waals surface area contributed by atoms with Crippen molar-refractivity contribution < 1.29 is 46.1 Å². The minimum Gasteiger partial charge on any atom is -1.00 e. The van der Waals surface area contributed by atoms with Crippen molar-refractivity contribution in [1.29, 1.82) is 0 Å². The second-order valence-electron chi connectivity index (χ2n) is 7.75. The van der Waals surface area contributed by atoms with Crippen LogP contribution in [0.15, 0.2) is 112 Å². The summed E-state index contributed by atoms with van der Waals surface area (Å²) in [7, 11) is 0. The minimum atomic E-state index is -2.33. The third kappa shape index (κ3) is 4.70. The van der Waals surface area contributed by atoms with Crippen LogP contribution in [0.5, 0.6) is 0 Å². The molecule has 0 nitrogen and oxygen atoms in total. The molecular weight excluding hydrogens is 498 g/mol. The summed E-state index contributed by atoms with van der Waals surface area (Å²) in [4.78, 5) is 0. The van der Waals surface area contributed by atoms with Gasteiger partial charge in [0.1, 0.15) is 0 Å². The summed E-state index contributed by atoms with van der Waals surface area (Å²) in [6.45, 7) is 2.32. The van der Waals surface area contributed by atoms with Crippen LogP contribution in [-0.2, 0) is 21.3 Å². The van der Waals surface area contributed by atoms with Gasteiger partial charge in [-0.2, -0.15) is 0 Å². The number of fused-ring (bicyclic) bond motifs is 1. The Bertz CT molecular complexity index is 1130. The third-order valence-electron chi connectivity index (χ3n) is 6.00. The van der Waals surface area contributed by atoms with Gasteiger partial charge in [0.15, 0.2) is 0 Å². The monoisotopic (exact) mass is 520 g/mol. The quantitative estimate of drug-likeness (QED) is 0.478. The fraction of sp³-hybridized carbons (Fsp3) is 0.107. The van der Waals surface area contributed by atoms with Crippen LogP contribution in [0.25, 0.3) is 6.08 Å². The topological polar surface area (TPSA) is 0 Å². The van der Waals surface area contributed by atoms with Crippen molar-refractivity contribution in [3.63, 3.8) is 0 Å². The molecular formula is C28H24Cl2Zr. The predicted molar refractivity (Wildman–Crippen MR) is 121 cm³/mol. The van der Waals surface area contributed by atoms with Gasteiger partial charge in [-0.1, -0.05) is 0 Å². The van der Waals surface area contributed by atoms with Crippen molar-refractivity contribution in [3.05, 3.63) is 134 Å². The molecule has 1 atom stereocenters. The fourth-order valence-corrected chi connectivity index (χ4v) is 13.6. The van der Waals surface area contributed by atoms with Crippen molar-refractivity contribution >= 4 is 9.28 Å². The molecule has 0 saturated heterocycles. The van der Waals surface area contributed by atoms with Crippen LogP contribution in [0.2, 0.25) is 0 Å². The van der Waals surface area contributed by atoms with E-state index in [9.17, 15) is 0 Å². The summed E-state index contributed by atoms with van der Waals surface area (Å²) >= 11 is -2.33. The van der Waals surface area contributed by atoms with Crippen LogP contribution < -0.4 is 24.8 Å². The van der Waals surface area contributed by atoms with E-state index in [2.05, 4.69) is 116 Å². The first kappa shape index (κ1) is 23.9. The minimum absolute atomic E-state index is 0. The van der Waals surface area contributed by atoms with Crippen molar-refractivity contribution in [1.82, 2.24) is 0 Å². The van der Waals surface area contributed by atoms with E-state index >= 15 is 0 Å². The summed E-state index contributed by atoms with van der Waals surface area (Å²) in [6.07, 6.45) is 10.7. The van der Waals surface area contributed by atoms with Gasteiger partial charge in [-0.15, -0.1) is 0 Å². The molecule has 0 spiro atoms. The second-order valence-corrected chi connectivity index (χ2v) is 14.0. The first-order chi connectivity index (χ1) is 14.3. The van der Waals surface area contributed by atoms with Crippen molar-refractivity contribution in [2.75, 3.05) is 0 Å². The van der Waals surface area contributed by atoms with Gasteiger partial charge < -0.3 is 24.8 Å². The molecule has 0 heterocycles. The third-order valence-corrected chi connectivity index (χ3v) is 14.6. The molecule has 0 N–H and O–H groups in total. The van der Waals surface area contributed by atoms with E-state index in [0.717, 1.165) is 6.42 Å². The Morgan fingerprint density at radius 1 is 0.742 bits per heavy atom. The first-order valence-electron chi connectivity index (χ1n) is 10.3. The molecule has 2 aliphatic carbocycles. The summed E-state index contributed by atoms with van der Waals surface area (Å²) in [5.74, 6) is 0. The Hall–Kier alpha value is -1.79. The molecule has 3 aromatic carbocycles. The van der Waals surface area contributed by atoms with E-state index in [1.165, 1.54) is 27.8 Å². The molecule has 0 amide bonds. The number of hydrogen-bond donors (Lipinski definition) is 0. The van der Waals surface area contributed by atoms with Gasteiger partial charge in [0.05, 0.1) is 0 Å². The molecule has 0 fully saturated rings.